The Balaban J connectivity index is 1.33. The largest absolute Gasteiger partial charge is 0.274 e. The van der Waals surface area contributed by atoms with Gasteiger partial charge in [0.1, 0.15) is 34.5 Å². The van der Waals surface area contributed by atoms with Gasteiger partial charge in [0.05, 0.1) is 46.8 Å². The van der Waals surface area contributed by atoms with E-state index in [0.29, 0.717) is 49.2 Å². The number of aromatic nitrogens is 5. The van der Waals surface area contributed by atoms with Crippen molar-refractivity contribution in [3.05, 3.63) is 167 Å². The lowest BCUT2D eigenvalue weighted by atomic mass is 10.0. The van der Waals surface area contributed by atoms with E-state index in [1.165, 1.54) is 24.4 Å². The third-order valence-corrected chi connectivity index (χ3v) is 8.39. The molecule has 0 unspecified atom stereocenters. The average Bonchev–Trinajstić information content (AvgIpc) is 3.92. The lowest BCUT2D eigenvalue weighted by molar-refractivity contribution is 0.974. The molecule has 0 radical (unpaired) electrons. The topological polar surface area (TPSA) is 219 Å². The Labute approximate surface area is 310 Å². The molecule has 0 spiro atoms. The van der Waals surface area contributed by atoms with Gasteiger partial charge >= 0.3 is 0 Å². The first-order chi connectivity index (χ1) is 26.7. The van der Waals surface area contributed by atoms with E-state index in [0.717, 1.165) is 11.1 Å². The normalized spacial score (nSPS) is 15.5. The number of aryl methyl sites for hydroxylation is 3. The van der Waals surface area contributed by atoms with Gasteiger partial charge in [0.15, 0.2) is 46.1 Å². The van der Waals surface area contributed by atoms with Crippen LogP contribution in [-0.4, -0.2) is 24.9 Å². The summed E-state index contributed by atoms with van der Waals surface area (Å²) in [5.41, 5.74) is 3.21. The summed E-state index contributed by atoms with van der Waals surface area (Å²) in [5.74, 6) is 0.538. The van der Waals surface area contributed by atoms with Gasteiger partial charge in [0.2, 0.25) is 0 Å². The number of nitrogens with zero attached hydrogens (tertiary/aromatic N) is 16. The second-order valence-electron chi connectivity index (χ2n) is 12.2. The standard InChI is InChI=1S/C39H18N16/c1-18-8-19(2)31-29(9-18)49-35(51-31)26(16-42)36-52-33(53-39(54-36)32(44-5)38-50-30-17-45-20(3)46-37(30)55-38)22-6-7-27-28(13-22)48-34(47-27)25(15-41)23-10-21(14-40)11-24(12-23)43-4/h6-13,17H,1-3H3/b34-25+,35-26-,38-32-. The minimum atomic E-state index is -0.124. The Morgan fingerprint density at radius 3 is 2.18 bits per heavy atom. The van der Waals surface area contributed by atoms with Crippen molar-refractivity contribution in [3.8, 4) is 29.6 Å². The number of hydrogen-bond acceptors (Lipinski definition) is 14. The van der Waals surface area contributed by atoms with Crippen molar-refractivity contribution in [3.63, 3.8) is 0 Å². The highest BCUT2D eigenvalue weighted by molar-refractivity contribution is 5.82. The van der Waals surface area contributed by atoms with Crippen molar-refractivity contribution in [2.45, 2.75) is 20.8 Å². The maximum Gasteiger partial charge on any atom is 0.274 e. The van der Waals surface area contributed by atoms with Crippen LogP contribution in [0.5, 0.6) is 0 Å². The SMILES string of the molecule is [C-]#[N+]/C(=C1/N=c2cnc(C)nc2=N1)c1nc(/C(C#N)=C2/N=c3cc(C)cc(C)c3=N2)nc(-c2ccc3c(c2)=N/C(=C(\C#N)c2cc(C#N)cc([N+]#[C-])c2)N=3)n1. The highest BCUT2D eigenvalue weighted by atomic mass is 15.1. The van der Waals surface area contributed by atoms with Crippen LogP contribution in [0.4, 0.5) is 5.69 Å². The quantitative estimate of drug-likeness (QED) is 0.199. The van der Waals surface area contributed by atoms with Crippen molar-refractivity contribution in [1.29, 1.82) is 15.8 Å². The van der Waals surface area contributed by atoms with Gasteiger partial charge < -0.3 is 0 Å². The number of rotatable bonds is 4. The van der Waals surface area contributed by atoms with Crippen LogP contribution in [0.3, 0.4) is 0 Å². The van der Waals surface area contributed by atoms with E-state index in [1.54, 1.807) is 25.1 Å². The third kappa shape index (κ3) is 5.94. The van der Waals surface area contributed by atoms with Crippen LogP contribution in [0, 0.1) is 67.9 Å². The van der Waals surface area contributed by atoms with Crippen LogP contribution in [-0.2, 0) is 0 Å². The first-order valence-corrected chi connectivity index (χ1v) is 16.2. The summed E-state index contributed by atoms with van der Waals surface area (Å²) in [6.07, 6.45) is 1.51. The first kappa shape index (κ1) is 33.4. The van der Waals surface area contributed by atoms with Gasteiger partial charge in [-0.05, 0) is 79.9 Å². The van der Waals surface area contributed by atoms with Crippen LogP contribution in [0.25, 0.3) is 37.9 Å². The number of nitriles is 3. The number of fused-ring (bicyclic) bond motifs is 3. The van der Waals surface area contributed by atoms with Gasteiger partial charge in [0, 0.05) is 11.1 Å². The van der Waals surface area contributed by atoms with Gasteiger partial charge in [0.25, 0.3) is 5.70 Å². The number of benzene rings is 3. The van der Waals surface area contributed by atoms with Crippen molar-refractivity contribution in [2.24, 2.45) is 30.0 Å². The Bertz CT molecular complexity index is 3320. The minimum Gasteiger partial charge on any atom is -0.239 e. The van der Waals surface area contributed by atoms with Gasteiger partial charge in [-0.25, -0.2) is 64.6 Å². The van der Waals surface area contributed by atoms with Gasteiger partial charge in [-0.3, -0.25) is 0 Å². The lowest BCUT2D eigenvalue weighted by Gasteiger charge is -2.07. The number of allylic oxidation sites excluding steroid dienone is 2. The molecule has 0 atom stereocenters. The molecule has 3 aliphatic rings. The molecule has 3 aliphatic heterocycles. The van der Waals surface area contributed by atoms with E-state index in [-0.39, 0.29) is 63.0 Å². The van der Waals surface area contributed by atoms with Gasteiger partial charge in [-0.2, -0.15) is 15.8 Å². The van der Waals surface area contributed by atoms with Crippen LogP contribution >= 0.6 is 0 Å². The Morgan fingerprint density at radius 1 is 0.673 bits per heavy atom. The fourth-order valence-corrected chi connectivity index (χ4v) is 5.95. The van der Waals surface area contributed by atoms with E-state index in [9.17, 15) is 15.8 Å². The maximum absolute atomic E-state index is 10.5. The van der Waals surface area contributed by atoms with E-state index < -0.39 is 0 Å². The Kier molecular flexibility index (Phi) is 7.94. The fraction of sp³-hybridized carbons (Fsp3) is 0.0769. The molecular formula is C39H18N16. The Hall–Kier alpha value is -8.78. The molecule has 16 heteroatoms. The first-order valence-electron chi connectivity index (χ1n) is 16.2. The maximum atomic E-state index is 10.5. The summed E-state index contributed by atoms with van der Waals surface area (Å²) in [5, 5.41) is 32.5. The summed E-state index contributed by atoms with van der Waals surface area (Å²) >= 11 is 0. The highest BCUT2D eigenvalue weighted by Crippen LogP contribution is 2.28. The fourth-order valence-electron chi connectivity index (χ4n) is 5.95. The van der Waals surface area contributed by atoms with Crippen LogP contribution in [0.15, 0.2) is 102 Å². The molecule has 0 aliphatic carbocycles. The molecule has 2 aromatic heterocycles. The van der Waals surface area contributed by atoms with Crippen molar-refractivity contribution >= 4 is 22.5 Å². The molecule has 0 bridgehead atoms. The molecule has 5 heterocycles. The number of hydrogen-bond donors (Lipinski definition) is 0. The molecule has 0 saturated carbocycles. The predicted molar refractivity (Wildman–Crippen MR) is 191 cm³/mol. The summed E-state index contributed by atoms with van der Waals surface area (Å²) in [6, 6.07) is 19.5. The van der Waals surface area contributed by atoms with Crippen LogP contribution in [0.2, 0.25) is 0 Å². The molecule has 0 fully saturated rings. The molecule has 55 heavy (non-hydrogen) atoms. The van der Waals surface area contributed by atoms with Crippen molar-refractivity contribution in [1.82, 2.24) is 24.9 Å². The molecule has 8 rings (SSSR count). The molecule has 5 aromatic rings. The smallest absolute Gasteiger partial charge is 0.239 e. The zero-order chi connectivity index (χ0) is 38.4. The molecule has 254 valence electrons. The molecule has 0 saturated heterocycles. The molecular weight excluding hydrogens is 693 g/mol. The molecule has 0 amide bonds. The monoisotopic (exact) mass is 710 g/mol. The summed E-state index contributed by atoms with van der Waals surface area (Å²) in [6.45, 7) is 21.1. The second-order valence-corrected chi connectivity index (χ2v) is 12.2. The molecule has 0 N–H and O–H groups in total. The van der Waals surface area contributed by atoms with E-state index in [4.69, 9.17) is 13.1 Å². The third-order valence-electron chi connectivity index (χ3n) is 8.39. The highest BCUT2D eigenvalue weighted by Gasteiger charge is 2.23. The Morgan fingerprint density at radius 2 is 1.42 bits per heavy atom. The molecule has 16 nitrogen and oxygen atoms in total. The predicted octanol–water partition coefficient (Wildman–Crippen LogP) is 2.47. The van der Waals surface area contributed by atoms with Crippen LogP contribution < -0.4 is 32.3 Å². The molecule has 3 aromatic carbocycles. The zero-order valence-electron chi connectivity index (χ0n) is 28.9. The van der Waals surface area contributed by atoms with Crippen molar-refractivity contribution in [2.75, 3.05) is 0 Å². The minimum absolute atomic E-state index is 0.0105. The van der Waals surface area contributed by atoms with Gasteiger partial charge in [-0.15, -0.1) is 0 Å². The summed E-state index contributed by atoms with van der Waals surface area (Å²) in [7, 11) is 0. The van der Waals surface area contributed by atoms with Crippen LogP contribution in [0.1, 0.15) is 39.7 Å². The average molecular weight is 711 g/mol. The van der Waals surface area contributed by atoms with E-state index in [1.807, 2.05) is 32.0 Å². The van der Waals surface area contributed by atoms with E-state index >= 15 is 0 Å². The van der Waals surface area contributed by atoms with Gasteiger partial charge in [-0.1, -0.05) is 6.07 Å². The summed E-state index contributed by atoms with van der Waals surface area (Å²) in [4.78, 5) is 56.8. The lowest BCUT2D eigenvalue weighted by Crippen LogP contribution is -2.26. The van der Waals surface area contributed by atoms with Crippen molar-refractivity contribution < 1.29 is 0 Å². The second kappa shape index (κ2) is 13.1. The summed E-state index contributed by atoms with van der Waals surface area (Å²) < 4.78 is 0. The zero-order valence-corrected chi connectivity index (χ0v) is 28.9. The van der Waals surface area contributed by atoms with E-state index in [2.05, 4.69) is 76.7 Å².